The Kier molecular flexibility index (Phi) is 2.62. The van der Waals surface area contributed by atoms with Crippen LogP contribution in [0.4, 0.5) is 4.39 Å². The van der Waals surface area contributed by atoms with Crippen molar-refractivity contribution in [2.45, 2.75) is 20.3 Å². The molecule has 2 aromatic rings. The molecule has 0 saturated carbocycles. The number of aromatic nitrogens is 2. The minimum Gasteiger partial charge on any atom is -0.233 e. The van der Waals surface area contributed by atoms with Crippen molar-refractivity contribution in [3.63, 3.8) is 0 Å². The molecule has 15 heavy (non-hydrogen) atoms. The van der Waals surface area contributed by atoms with E-state index in [0.29, 0.717) is 11.6 Å². The molecule has 0 unspecified atom stereocenters. The van der Waals surface area contributed by atoms with Crippen LogP contribution in [0.25, 0.3) is 11.0 Å². The van der Waals surface area contributed by atoms with Crippen molar-refractivity contribution in [3.05, 3.63) is 35.9 Å². The molecule has 0 aliphatic carbocycles. The quantitative estimate of drug-likeness (QED) is 0.703. The van der Waals surface area contributed by atoms with E-state index >= 15 is 0 Å². The van der Waals surface area contributed by atoms with E-state index in [-0.39, 0.29) is 0 Å². The smallest absolute Gasteiger partial charge is 0.214 e. The minimum absolute atomic E-state index is 0.475. The van der Waals surface area contributed by atoms with Crippen LogP contribution in [0.5, 0.6) is 0 Å². The van der Waals surface area contributed by atoms with Gasteiger partial charge in [-0.3, -0.25) is 0 Å². The average Bonchev–Trinajstić information content (AvgIpc) is 2.16. The summed E-state index contributed by atoms with van der Waals surface area (Å²) in [4.78, 5) is 8.09. The zero-order valence-electron chi connectivity index (χ0n) is 8.87. The fourth-order valence-corrected chi connectivity index (χ4v) is 1.55. The minimum atomic E-state index is -0.475. The summed E-state index contributed by atoms with van der Waals surface area (Å²) in [5, 5.41) is 0.879. The number of hydrogen-bond donors (Lipinski definition) is 0. The van der Waals surface area contributed by atoms with Crippen molar-refractivity contribution in [2.75, 3.05) is 0 Å². The van der Waals surface area contributed by atoms with Gasteiger partial charge in [0.2, 0.25) is 5.95 Å². The Morgan fingerprint density at radius 1 is 1.13 bits per heavy atom. The fourth-order valence-electron chi connectivity index (χ4n) is 1.55. The fraction of sp³-hybridized carbons (Fsp3) is 0.333. The Balaban J connectivity index is 2.45. The van der Waals surface area contributed by atoms with E-state index in [0.717, 1.165) is 17.5 Å². The van der Waals surface area contributed by atoms with Crippen molar-refractivity contribution < 1.29 is 4.39 Å². The molecule has 2 rings (SSSR count). The molecule has 0 spiro atoms. The predicted molar refractivity (Wildman–Crippen MR) is 58.0 cm³/mol. The predicted octanol–water partition coefficient (Wildman–Crippen LogP) is 2.97. The Labute approximate surface area is 88.2 Å². The highest BCUT2D eigenvalue weighted by Crippen LogP contribution is 2.13. The number of nitrogens with zero attached hydrogens (tertiary/aromatic N) is 2. The van der Waals surface area contributed by atoms with Gasteiger partial charge in [0, 0.05) is 11.1 Å². The van der Waals surface area contributed by atoms with Gasteiger partial charge >= 0.3 is 0 Å². The first-order valence-corrected chi connectivity index (χ1v) is 5.07. The third-order valence-corrected chi connectivity index (χ3v) is 2.19. The summed E-state index contributed by atoms with van der Waals surface area (Å²) in [6, 6.07) is 6.96. The first kappa shape index (κ1) is 10.0. The highest BCUT2D eigenvalue weighted by molar-refractivity contribution is 5.74. The zero-order chi connectivity index (χ0) is 10.8. The molecule has 0 saturated heterocycles. The van der Waals surface area contributed by atoms with Gasteiger partial charge in [-0.05, 0) is 36.6 Å². The second-order valence-electron chi connectivity index (χ2n) is 4.08. The Bertz CT molecular complexity index is 480. The maximum atomic E-state index is 12.9. The van der Waals surface area contributed by atoms with Gasteiger partial charge in [-0.1, -0.05) is 13.8 Å². The third kappa shape index (κ3) is 2.29. The van der Waals surface area contributed by atoms with E-state index in [2.05, 4.69) is 23.8 Å². The SMILES string of the molecule is CC(C)Cc1ccc2ccc(F)nc2n1. The summed E-state index contributed by atoms with van der Waals surface area (Å²) in [6.07, 6.45) is 0.897. The Hall–Kier alpha value is -1.51. The topological polar surface area (TPSA) is 25.8 Å². The molecule has 0 aromatic carbocycles. The second kappa shape index (κ2) is 3.93. The molecule has 78 valence electrons. The molecule has 2 nitrogen and oxygen atoms in total. The summed E-state index contributed by atoms with van der Waals surface area (Å²) in [5.74, 6) is 0.0696. The largest absolute Gasteiger partial charge is 0.233 e. The van der Waals surface area contributed by atoms with Crippen LogP contribution in [0.1, 0.15) is 19.5 Å². The lowest BCUT2D eigenvalue weighted by molar-refractivity contribution is 0.587. The van der Waals surface area contributed by atoms with Crippen molar-refractivity contribution in [3.8, 4) is 0 Å². The van der Waals surface area contributed by atoms with Crippen LogP contribution in [0, 0.1) is 11.9 Å². The summed E-state index contributed by atoms with van der Waals surface area (Å²) >= 11 is 0. The number of rotatable bonds is 2. The monoisotopic (exact) mass is 204 g/mol. The molecule has 0 aliphatic heterocycles. The molecule has 0 fully saturated rings. The second-order valence-corrected chi connectivity index (χ2v) is 4.08. The molecular formula is C12H13FN2. The van der Waals surface area contributed by atoms with E-state index in [1.165, 1.54) is 6.07 Å². The average molecular weight is 204 g/mol. The first-order chi connectivity index (χ1) is 7.15. The van der Waals surface area contributed by atoms with Gasteiger partial charge in [0.25, 0.3) is 0 Å². The molecule has 0 N–H and O–H groups in total. The van der Waals surface area contributed by atoms with Crippen molar-refractivity contribution in [2.24, 2.45) is 5.92 Å². The molecule has 0 bridgehead atoms. The summed E-state index contributed by atoms with van der Waals surface area (Å²) in [7, 11) is 0. The number of fused-ring (bicyclic) bond motifs is 1. The van der Waals surface area contributed by atoms with Gasteiger partial charge in [0.15, 0.2) is 5.65 Å². The molecule has 2 aromatic heterocycles. The van der Waals surface area contributed by atoms with Gasteiger partial charge in [0.05, 0.1) is 0 Å². The number of halogens is 1. The van der Waals surface area contributed by atoms with Gasteiger partial charge in [-0.15, -0.1) is 0 Å². The van der Waals surface area contributed by atoms with Gasteiger partial charge in [0.1, 0.15) is 0 Å². The maximum Gasteiger partial charge on any atom is 0.214 e. The summed E-state index contributed by atoms with van der Waals surface area (Å²) < 4.78 is 12.9. The normalized spacial score (nSPS) is 11.2. The lowest BCUT2D eigenvalue weighted by Gasteiger charge is -2.04. The molecule has 0 radical (unpaired) electrons. The van der Waals surface area contributed by atoms with E-state index < -0.39 is 5.95 Å². The molecule has 2 heterocycles. The lowest BCUT2D eigenvalue weighted by atomic mass is 10.1. The molecule has 0 amide bonds. The van der Waals surface area contributed by atoms with Crippen LogP contribution in [0.15, 0.2) is 24.3 Å². The van der Waals surface area contributed by atoms with Crippen LogP contribution in [0.3, 0.4) is 0 Å². The van der Waals surface area contributed by atoms with Crippen LogP contribution in [-0.2, 0) is 6.42 Å². The molecule has 0 aliphatic rings. The van der Waals surface area contributed by atoms with Crippen molar-refractivity contribution >= 4 is 11.0 Å². The van der Waals surface area contributed by atoms with Gasteiger partial charge in [-0.25, -0.2) is 4.98 Å². The van der Waals surface area contributed by atoms with Crippen LogP contribution < -0.4 is 0 Å². The number of pyridine rings is 2. The zero-order valence-corrected chi connectivity index (χ0v) is 8.87. The highest BCUT2D eigenvalue weighted by atomic mass is 19.1. The summed E-state index contributed by atoms with van der Waals surface area (Å²) in [5.41, 5.74) is 1.46. The summed E-state index contributed by atoms with van der Waals surface area (Å²) in [6.45, 7) is 4.26. The van der Waals surface area contributed by atoms with E-state index in [1.807, 2.05) is 12.1 Å². The number of hydrogen-bond acceptors (Lipinski definition) is 2. The van der Waals surface area contributed by atoms with E-state index in [9.17, 15) is 4.39 Å². The Morgan fingerprint density at radius 3 is 2.60 bits per heavy atom. The Morgan fingerprint density at radius 2 is 1.87 bits per heavy atom. The molecule has 3 heteroatoms. The van der Waals surface area contributed by atoms with E-state index in [4.69, 9.17) is 0 Å². The first-order valence-electron chi connectivity index (χ1n) is 5.07. The lowest BCUT2D eigenvalue weighted by Crippen LogP contribution is -1.98. The van der Waals surface area contributed by atoms with Gasteiger partial charge in [-0.2, -0.15) is 9.37 Å². The van der Waals surface area contributed by atoms with Crippen molar-refractivity contribution in [1.29, 1.82) is 0 Å². The van der Waals surface area contributed by atoms with Gasteiger partial charge < -0.3 is 0 Å². The highest BCUT2D eigenvalue weighted by Gasteiger charge is 2.03. The van der Waals surface area contributed by atoms with Crippen molar-refractivity contribution in [1.82, 2.24) is 9.97 Å². The van der Waals surface area contributed by atoms with Crippen LogP contribution in [-0.4, -0.2) is 9.97 Å². The van der Waals surface area contributed by atoms with E-state index in [1.54, 1.807) is 6.07 Å². The maximum absolute atomic E-state index is 12.9. The molecule has 0 atom stereocenters. The third-order valence-electron chi connectivity index (χ3n) is 2.19. The van der Waals surface area contributed by atoms with Crippen LogP contribution >= 0.6 is 0 Å². The van der Waals surface area contributed by atoms with Crippen LogP contribution in [0.2, 0.25) is 0 Å². The molecular weight excluding hydrogens is 191 g/mol. The standard InChI is InChI=1S/C12H13FN2/c1-8(2)7-10-5-3-9-4-6-11(13)15-12(9)14-10/h3-6,8H,7H2,1-2H3.